The third-order valence-electron chi connectivity index (χ3n) is 3.62. The summed E-state index contributed by atoms with van der Waals surface area (Å²) in [6.07, 6.45) is 2.98. The molecule has 1 unspecified atom stereocenters. The maximum atomic E-state index is 12.4. The number of esters is 1. The average Bonchev–Trinajstić information content (AvgIpc) is 2.64. The molecule has 0 aliphatic carbocycles. The summed E-state index contributed by atoms with van der Waals surface area (Å²) in [6.45, 7) is 1.75. The molecule has 0 heterocycles. The van der Waals surface area contributed by atoms with Crippen LogP contribution in [0.15, 0.2) is 24.3 Å². The van der Waals surface area contributed by atoms with Gasteiger partial charge in [-0.2, -0.15) is 0 Å². The van der Waals surface area contributed by atoms with Crippen LogP contribution in [0.2, 0.25) is 0 Å². The zero-order chi connectivity index (χ0) is 18.8. The molecule has 0 saturated carbocycles. The van der Waals surface area contributed by atoms with E-state index in [1.807, 2.05) is 0 Å². The highest BCUT2D eigenvalue weighted by molar-refractivity contribution is 5.92. The summed E-state index contributed by atoms with van der Waals surface area (Å²) < 4.78 is 15.1. The van der Waals surface area contributed by atoms with Gasteiger partial charge in [-0.1, -0.05) is 6.92 Å². The molecule has 0 aromatic heterocycles. The fourth-order valence-corrected chi connectivity index (χ4v) is 2.25. The van der Waals surface area contributed by atoms with Crippen molar-refractivity contribution in [1.29, 1.82) is 0 Å². The topological polar surface area (TPSA) is 85.3 Å². The van der Waals surface area contributed by atoms with E-state index in [0.29, 0.717) is 17.1 Å². The highest BCUT2D eigenvalue weighted by Crippen LogP contribution is 2.25. The van der Waals surface area contributed by atoms with Crippen molar-refractivity contribution < 1.29 is 28.9 Å². The van der Waals surface area contributed by atoms with Gasteiger partial charge in [0, 0.05) is 24.7 Å². The van der Waals surface area contributed by atoms with Crippen LogP contribution in [0.3, 0.4) is 0 Å². The molecule has 1 rings (SSSR count). The smallest absolute Gasteiger partial charge is 0.310 e. The number of carbonyl (C=O) groups excluding carboxylic acids is 2. The van der Waals surface area contributed by atoms with Gasteiger partial charge < -0.3 is 24.2 Å². The van der Waals surface area contributed by atoms with Gasteiger partial charge in [-0.05, 0) is 24.3 Å². The molecule has 1 atom stereocenters. The van der Waals surface area contributed by atoms with Gasteiger partial charge in [-0.3, -0.25) is 9.59 Å². The van der Waals surface area contributed by atoms with Gasteiger partial charge in [0.15, 0.2) is 0 Å². The maximum absolute atomic E-state index is 12.4. The zero-order valence-electron chi connectivity index (χ0n) is 15.0. The quantitative estimate of drug-likeness (QED) is 0.534. The fraction of sp³-hybridized carbons (Fsp3) is 0.444. The van der Waals surface area contributed by atoms with Gasteiger partial charge in [0.1, 0.15) is 11.5 Å². The molecule has 0 fully saturated rings. The van der Waals surface area contributed by atoms with Crippen molar-refractivity contribution >= 4 is 18.0 Å². The minimum Gasteiger partial charge on any atom is -0.497 e. The molecule has 25 heavy (non-hydrogen) atoms. The van der Waals surface area contributed by atoms with Crippen molar-refractivity contribution in [3.8, 4) is 11.5 Å². The zero-order valence-corrected chi connectivity index (χ0v) is 15.0. The van der Waals surface area contributed by atoms with Gasteiger partial charge in [-0.15, -0.1) is 0 Å². The molecule has 0 aliphatic heterocycles. The number of hydrogen-bond acceptors (Lipinski definition) is 6. The van der Waals surface area contributed by atoms with E-state index in [1.165, 1.54) is 25.2 Å². The number of rotatable bonds is 9. The summed E-state index contributed by atoms with van der Waals surface area (Å²) in [5, 5.41) is 9.16. The predicted octanol–water partition coefficient (Wildman–Crippen LogP) is 1.35. The van der Waals surface area contributed by atoms with Crippen molar-refractivity contribution in [2.24, 2.45) is 5.92 Å². The molecule has 7 nitrogen and oxygen atoms in total. The van der Waals surface area contributed by atoms with E-state index in [-0.39, 0.29) is 25.6 Å². The van der Waals surface area contributed by atoms with E-state index in [2.05, 4.69) is 4.74 Å². The molecule has 1 N–H and O–H groups in total. The molecule has 0 radical (unpaired) electrons. The summed E-state index contributed by atoms with van der Waals surface area (Å²) >= 11 is 0. The summed E-state index contributed by atoms with van der Waals surface area (Å²) in [5.74, 6) is 0.0185. The largest absolute Gasteiger partial charge is 0.497 e. The summed E-state index contributed by atoms with van der Waals surface area (Å²) in [7, 11) is 4.39. The Kier molecular flexibility index (Phi) is 8.49. The molecule has 1 aromatic carbocycles. The van der Waals surface area contributed by atoms with E-state index in [0.717, 1.165) is 0 Å². The first-order valence-corrected chi connectivity index (χ1v) is 7.84. The second kappa shape index (κ2) is 10.4. The number of carbonyl (C=O) groups is 2. The normalized spacial score (nSPS) is 11.9. The van der Waals surface area contributed by atoms with Gasteiger partial charge in [0.2, 0.25) is 5.91 Å². The molecular weight excluding hydrogens is 326 g/mol. The van der Waals surface area contributed by atoms with Crippen molar-refractivity contribution in [3.05, 3.63) is 29.8 Å². The lowest BCUT2D eigenvalue weighted by Crippen LogP contribution is -2.38. The SMILES string of the molecule is COC(=O)C(C)CN(CCO)C(=O)/C=C/c1cc(OC)ccc1OC. The number of nitrogens with zero attached hydrogens (tertiary/aromatic N) is 1. The Bertz CT molecular complexity index is 614. The monoisotopic (exact) mass is 351 g/mol. The average molecular weight is 351 g/mol. The summed E-state index contributed by atoms with van der Waals surface area (Å²) in [4.78, 5) is 25.3. The lowest BCUT2D eigenvalue weighted by Gasteiger charge is -2.23. The van der Waals surface area contributed by atoms with Crippen LogP contribution in [0.1, 0.15) is 12.5 Å². The minimum atomic E-state index is -0.486. The highest BCUT2D eigenvalue weighted by Gasteiger charge is 2.20. The number of methoxy groups -OCH3 is 3. The molecule has 1 amide bonds. The number of amides is 1. The first-order chi connectivity index (χ1) is 12.0. The summed E-state index contributed by atoms with van der Waals surface area (Å²) in [6, 6.07) is 5.25. The Morgan fingerprint density at radius 2 is 1.96 bits per heavy atom. The van der Waals surface area contributed by atoms with Crippen LogP contribution >= 0.6 is 0 Å². The second-order valence-corrected chi connectivity index (χ2v) is 5.37. The fourth-order valence-electron chi connectivity index (χ4n) is 2.25. The second-order valence-electron chi connectivity index (χ2n) is 5.37. The van der Waals surface area contributed by atoms with Crippen LogP contribution in [-0.4, -0.2) is 62.9 Å². The van der Waals surface area contributed by atoms with Crippen molar-refractivity contribution in [2.45, 2.75) is 6.92 Å². The molecular formula is C18H25NO6. The lowest BCUT2D eigenvalue weighted by molar-refractivity contribution is -0.146. The van der Waals surface area contributed by atoms with Crippen molar-refractivity contribution in [3.63, 3.8) is 0 Å². The molecule has 0 bridgehead atoms. The van der Waals surface area contributed by atoms with Gasteiger partial charge >= 0.3 is 5.97 Å². The third-order valence-corrected chi connectivity index (χ3v) is 3.62. The van der Waals surface area contributed by atoms with E-state index in [1.54, 1.807) is 38.3 Å². The molecule has 7 heteroatoms. The predicted molar refractivity (Wildman–Crippen MR) is 93.4 cm³/mol. The van der Waals surface area contributed by atoms with Crippen molar-refractivity contribution in [2.75, 3.05) is 41.0 Å². The third kappa shape index (κ3) is 6.11. The van der Waals surface area contributed by atoms with E-state index < -0.39 is 11.9 Å². The Balaban J connectivity index is 2.92. The molecule has 0 saturated heterocycles. The van der Waals surface area contributed by atoms with Gasteiger partial charge in [-0.25, -0.2) is 0 Å². The van der Waals surface area contributed by atoms with Crippen LogP contribution in [-0.2, 0) is 14.3 Å². The van der Waals surface area contributed by atoms with Gasteiger partial charge in [0.05, 0.1) is 33.9 Å². The first-order valence-electron chi connectivity index (χ1n) is 7.84. The van der Waals surface area contributed by atoms with Crippen LogP contribution in [0, 0.1) is 5.92 Å². The number of aliphatic hydroxyl groups excluding tert-OH is 1. The van der Waals surface area contributed by atoms with Crippen LogP contribution < -0.4 is 9.47 Å². The highest BCUT2D eigenvalue weighted by atomic mass is 16.5. The Morgan fingerprint density at radius 1 is 1.24 bits per heavy atom. The Hall–Kier alpha value is -2.54. The number of benzene rings is 1. The Morgan fingerprint density at radius 3 is 2.52 bits per heavy atom. The number of aliphatic hydroxyl groups is 1. The molecule has 0 aliphatic rings. The van der Waals surface area contributed by atoms with Crippen LogP contribution in [0.5, 0.6) is 11.5 Å². The van der Waals surface area contributed by atoms with Crippen LogP contribution in [0.4, 0.5) is 0 Å². The maximum Gasteiger partial charge on any atom is 0.310 e. The van der Waals surface area contributed by atoms with Crippen LogP contribution in [0.25, 0.3) is 6.08 Å². The minimum absolute atomic E-state index is 0.125. The first kappa shape index (κ1) is 20.5. The number of ether oxygens (including phenoxy) is 3. The van der Waals surface area contributed by atoms with E-state index in [9.17, 15) is 9.59 Å². The van der Waals surface area contributed by atoms with E-state index >= 15 is 0 Å². The molecule has 1 aromatic rings. The summed E-state index contributed by atoms with van der Waals surface area (Å²) in [5.41, 5.74) is 0.681. The lowest BCUT2D eigenvalue weighted by atomic mass is 10.1. The number of hydrogen-bond donors (Lipinski definition) is 1. The molecule has 138 valence electrons. The van der Waals surface area contributed by atoms with E-state index in [4.69, 9.17) is 14.6 Å². The van der Waals surface area contributed by atoms with Gasteiger partial charge in [0.25, 0.3) is 0 Å². The van der Waals surface area contributed by atoms with Crippen molar-refractivity contribution in [1.82, 2.24) is 4.90 Å². The molecule has 0 spiro atoms. The standard InChI is InChI=1S/C18H25NO6/c1-13(18(22)25-4)12-19(9-10-20)17(21)8-5-14-11-15(23-2)6-7-16(14)24-3/h5-8,11,13,20H,9-10,12H2,1-4H3/b8-5+. The Labute approximate surface area is 147 Å².